The van der Waals surface area contributed by atoms with Gasteiger partial charge in [0.25, 0.3) is 5.91 Å². The molecule has 2 aliphatic heterocycles. The van der Waals surface area contributed by atoms with Gasteiger partial charge in [-0.15, -0.1) is 0 Å². The number of aliphatic hydroxyl groups excluding tert-OH is 1. The second kappa shape index (κ2) is 13.3. The summed E-state index contributed by atoms with van der Waals surface area (Å²) >= 11 is 1.19. The number of anilines is 2. The highest BCUT2D eigenvalue weighted by Crippen LogP contribution is 2.40. The molecule has 5 rings (SSSR count). The van der Waals surface area contributed by atoms with Crippen LogP contribution in [0, 0.1) is 0 Å². The maximum atomic E-state index is 12.6. The van der Waals surface area contributed by atoms with E-state index in [1.807, 2.05) is 12.1 Å². The summed E-state index contributed by atoms with van der Waals surface area (Å²) in [6.45, 7) is 5.99. The quantitative estimate of drug-likeness (QED) is 0.248. The number of hydrogen-bond acceptors (Lipinski definition) is 12. The molecule has 1 saturated heterocycles. The highest BCUT2D eigenvalue weighted by molar-refractivity contribution is 7.99. The van der Waals surface area contributed by atoms with E-state index in [9.17, 15) is 14.7 Å². The van der Waals surface area contributed by atoms with E-state index in [1.54, 1.807) is 29.3 Å². The van der Waals surface area contributed by atoms with Crippen molar-refractivity contribution < 1.29 is 24.2 Å². The second-order valence-electron chi connectivity index (χ2n) is 9.87. The number of amides is 2. The normalized spacial score (nSPS) is 16.9. The fraction of sp³-hybridized carbons (Fsp3) is 0.429. The number of ether oxygens (including phenoxy) is 2. The molecule has 14 heteroatoms. The number of rotatable bonds is 11. The molecule has 2 amide bonds. The summed E-state index contributed by atoms with van der Waals surface area (Å²) in [7, 11) is 3.07. The van der Waals surface area contributed by atoms with Crippen molar-refractivity contribution >= 4 is 35.3 Å². The number of methoxy groups -OCH3 is 2. The Morgan fingerprint density at radius 2 is 1.71 bits per heavy atom. The Bertz CT molecular complexity index is 1410. The number of aliphatic hydroxyl groups is 1. The fourth-order valence-corrected chi connectivity index (χ4v) is 5.87. The fourth-order valence-electron chi connectivity index (χ4n) is 5.00. The molecule has 1 fully saturated rings. The Labute approximate surface area is 248 Å². The summed E-state index contributed by atoms with van der Waals surface area (Å²) < 4.78 is 11.2. The second-order valence-corrected chi connectivity index (χ2v) is 10.9. The number of fused-ring (bicyclic) bond motifs is 1. The molecule has 13 nitrogen and oxygen atoms in total. The number of carbonyl (C=O) groups is 2. The van der Waals surface area contributed by atoms with Crippen molar-refractivity contribution in [2.75, 3.05) is 63.7 Å². The average molecular weight is 595 g/mol. The lowest BCUT2D eigenvalue weighted by atomic mass is 10.1. The van der Waals surface area contributed by atoms with Gasteiger partial charge in [0.05, 0.1) is 14.2 Å². The number of nitrogens with zero attached hydrogens (tertiary/aromatic N) is 7. The minimum Gasteiger partial charge on any atom is -0.480 e. The van der Waals surface area contributed by atoms with Crippen molar-refractivity contribution in [1.29, 1.82) is 0 Å². The minimum absolute atomic E-state index is 0.104. The number of hydrogen-bond donors (Lipinski definition) is 2. The molecule has 2 aromatic heterocycles. The van der Waals surface area contributed by atoms with Crippen LogP contribution >= 0.6 is 11.8 Å². The first-order chi connectivity index (χ1) is 20.4. The van der Waals surface area contributed by atoms with Gasteiger partial charge in [0.2, 0.25) is 23.6 Å². The summed E-state index contributed by atoms with van der Waals surface area (Å²) in [6, 6.07) is 8.85. The number of benzene rings is 1. The van der Waals surface area contributed by atoms with Gasteiger partial charge >= 0.3 is 0 Å². The molecule has 1 atom stereocenters. The van der Waals surface area contributed by atoms with Crippen molar-refractivity contribution in [2.24, 2.45) is 0 Å². The van der Waals surface area contributed by atoms with Crippen LogP contribution in [0.5, 0.6) is 11.8 Å². The van der Waals surface area contributed by atoms with Gasteiger partial charge in [-0.3, -0.25) is 14.5 Å². The summed E-state index contributed by atoms with van der Waals surface area (Å²) in [5.41, 5.74) is 1.28. The van der Waals surface area contributed by atoms with Crippen LogP contribution in [0.15, 0.2) is 46.6 Å². The van der Waals surface area contributed by atoms with E-state index in [1.165, 1.54) is 32.9 Å². The first kappa shape index (κ1) is 29.5. The zero-order valence-corrected chi connectivity index (χ0v) is 24.6. The van der Waals surface area contributed by atoms with Crippen LogP contribution in [-0.2, 0) is 4.79 Å². The van der Waals surface area contributed by atoms with E-state index in [0.717, 1.165) is 45.6 Å². The van der Waals surface area contributed by atoms with E-state index >= 15 is 0 Å². The SMILES string of the molecule is COc1nc(N2CCN(CCCCN3C(=O)c4ccccc4C3O)CC2)nc(OC)c1Sc1nccc(NC(C)=O)n1. The number of carbonyl (C=O) groups excluding carboxylic acids is 2. The van der Waals surface area contributed by atoms with Crippen molar-refractivity contribution in [1.82, 2.24) is 29.7 Å². The number of aromatic nitrogens is 4. The third-order valence-electron chi connectivity index (χ3n) is 7.11. The summed E-state index contributed by atoms with van der Waals surface area (Å²) in [5.74, 6) is 1.27. The lowest BCUT2D eigenvalue weighted by molar-refractivity contribution is -0.114. The maximum Gasteiger partial charge on any atom is 0.256 e. The third kappa shape index (κ3) is 6.55. The van der Waals surface area contributed by atoms with Gasteiger partial charge in [-0.25, -0.2) is 9.97 Å². The molecular formula is C28H34N8O5S. The van der Waals surface area contributed by atoms with Crippen molar-refractivity contribution in [3.63, 3.8) is 0 Å². The van der Waals surface area contributed by atoms with E-state index in [2.05, 4.69) is 35.1 Å². The lowest BCUT2D eigenvalue weighted by Gasteiger charge is -2.35. The topological polar surface area (TPSA) is 146 Å². The molecule has 42 heavy (non-hydrogen) atoms. The zero-order valence-electron chi connectivity index (χ0n) is 23.8. The van der Waals surface area contributed by atoms with Crippen molar-refractivity contribution in [2.45, 2.75) is 36.0 Å². The molecule has 0 bridgehead atoms. The van der Waals surface area contributed by atoms with Crippen LogP contribution in [0.3, 0.4) is 0 Å². The molecule has 0 saturated carbocycles. The highest BCUT2D eigenvalue weighted by atomic mass is 32.2. The van der Waals surface area contributed by atoms with Crippen LogP contribution in [0.25, 0.3) is 0 Å². The first-order valence-corrected chi connectivity index (χ1v) is 14.5. The predicted octanol–water partition coefficient (Wildman–Crippen LogP) is 2.44. The number of unbranched alkanes of at least 4 members (excludes halogenated alkanes) is 1. The average Bonchev–Trinajstić information content (AvgIpc) is 3.24. The summed E-state index contributed by atoms with van der Waals surface area (Å²) in [5, 5.41) is 13.6. The van der Waals surface area contributed by atoms with Gasteiger partial charge in [0.1, 0.15) is 10.7 Å². The Kier molecular flexibility index (Phi) is 9.35. The van der Waals surface area contributed by atoms with E-state index in [-0.39, 0.29) is 11.8 Å². The molecule has 0 aliphatic carbocycles. The molecular weight excluding hydrogens is 560 g/mol. The summed E-state index contributed by atoms with van der Waals surface area (Å²) in [6.07, 6.45) is 2.42. The Morgan fingerprint density at radius 3 is 2.38 bits per heavy atom. The predicted molar refractivity (Wildman–Crippen MR) is 156 cm³/mol. The minimum atomic E-state index is -0.863. The van der Waals surface area contributed by atoms with Gasteiger partial charge in [-0.05, 0) is 43.3 Å². The van der Waals surface area contributed by atoms with Crippen LogP contribution in [0.1, 0.15) is 41.9 Å². The van der Waals surface area contributed by atoms with Crippen molar-refractivity contribution in [3.8, 4) is 11.8 Å². The standard InChI is InChI=1S/C28H34N8O5S/c1-18(37)30-21-10-11-29-28(31-21)42-22-23(40-2)32-27(33-24(22)41-3)35-16-14-34(15-17-35)12-6-7-13-36-25(38)19-8-4-5-9-20(19)26(36)39/h4-5,8-11,25,38H,6-7,12-17H2,1-3H3,(H,29,30,31,37). The largest absolute Gasteiger partial charge is 0.480 e. The zero-order chi connectivity index (χ0) is 29.6. The Balaban J connectivity index is 1.14. The van der Waals surface area contributed by atoms with Crippen molar-refractivity contribution in [3.05, 3.63) is 47.7 Å². The van der Waals surface area contributed by atoms with Crippen LogP contribution in [0.4, 0.5) is 11.8 Å². The molecule has 1 aromatic carbocycles. The molecule has 222 valence electrons. The Hall–Kier alpha value is -4.01. The molecule has 0 spiro atoms. The molecule has 2 aliphatic rings. The number of nitrogens with one attached hydrogen (secondary N) is 1. The maximum absolute atomic E-state index is 12.6. The van der Waals surface area contributed by atoms with Crippen LogP contribution in [-0.4, -0.2) is 100 Å². The van der Waals surface area contributed by atoms with Gasteiger partial charge in [0, 0.05) is 57.0 Å². The molecule has 3 aromatic rings. The smallest absolute Gasteiger partial charge is 0.256 e. The third-order valence-corrected chi connectivity index (χ3v) is 8.05. The molecule has 4 heterocycles. The monoisotopic (exact) mass is 594 g/mol. The first-order valence-electron chi connectivity index (χ1n) is 13.7. The Morgan fingerprint density at radius 1 is 1.02 bits per heavy atom. The van der Waals surface area contributed by atoms with Crippen LogP contribution < -0.4 is 19.7 Å². The number of piperazine rings is 1. The van der Waals surface area contributed by atoms with E-state index in [4.69, 9.17) is 9.47 Å². The molecule has 1 unspecified atom stereocenters. The highest BCUT2D eigenvalue weighted by Gasteiger charge is 2.34. The van der Waals surface area contributed by atoms with E-state index in [0.29, 0.717) is 51.2 Å². The van der Waals surface area contributed by atoms with Crippen LogP contribution in [0.2, 0.25) is 0 Å². The van der Waals surface area contributed by atoms with Gasteiger partial charge in [-0.1, -0.05) is 18.2 Å². The van der Waals surface area contributed by atoms with Gasteiger partial charge < -0.3 is 29.7 Å². The lowest BCUT2D eigenvalue weighted by Crippen LogP contribution is -2.47. The molecule has 0 radical (unpaired) electrons. The van der Waals surface area contributed by atoms with Gasteiger partial charge in [0.15, 0.2) is 11.4 Å². The summed E-state index contributed by atoms with van der Waals surface area (Å²) in [4.78, 5) is 48.5. The van der Waals surface area contributed by atoms with E-state index < -0.39 is 6.23 Å². The molecule has 2 N–H and O–H groups in total. The van der Waals surface area contributed by atoms with Gasteiger partial charge in [-0.2, -0.15) is 9.97 Å².